The first-order chi connectivity index (χ1) is 14.5. The summed E-state index contributed by atoms with van der Waals surface area (Å²) in [6, 6.07) is 17.5. The molecule has 1 aliphatic rings. The first-order valence-corrected chi connectivity index (χ1v) is 17.2. The van der Waals surface area contributed by atoms with E-state index in [4.69, 9.17) is 0 Å². The van der Waals surface area contributed by atoms with Gasteiger partial charge < -0.3 is 0 Å². The molecule has 0 aromatic heterocycles. The van der Waals surface area contributed by atoms with Crippen molar-refractivity contribution < 1.29 is 23.3 Å². The van der Waals surface area contributed by atoms with Crippen LogP contribution in [0.5, 0.6) is 0 Å². The average molecular weight is 577 g/mol. The van der Waals surface area contributed by atoms with Gasteiger partial charge in [-0.3, -0.25) is 6.08 Å². The number of rotatable bonds is 1. The van der Waals surface area contributed by atoms with Crippen molar-refractivity contribution in [1.29, 1.82) is 0 Å². The number of halogens is 2. The van der Waals surface area contributed by atoms with E-state index in [9.17, 15) is 0 Å². The molecular formula is C29H38Cl2SiZr. The first-order valence-electron chi connectivity index (χ1n) is 11.1. The quantitative estimate of drug-likeness (QED) is 0.200. The van der Waals surface area contributed by atoms with Gasteiger partial charge in [0.2, 0.25) is 0 Å². The number of aryl methyl sites for hydroxylation is 2. The zero-order chi connectivity index (χ0) is 23.3. The minimum absolute atomic E-state index is 0. The van der Waals surface area contributed by atoms with Crippen LogP contribution in [0.3, 0.4) is 0 Å². The van der Waals surface area contributed by atoms with Crippen LogP contribution < -0.4 is 0 Å². The van der Waals surface area contributed by atoms with Crippen LogP contribution in [0.15, 0.2) is 65.3 Å². The largest absolute Gasteiger partial charge is 0.150 e. The van der Waals surface area contributed by atoms with Crippen molar-refractivity contribution in [1.82, 2.24) is 0 Å². The molecule has 0 nitrogen and oxygen atoms in total. The Kier molecular flexibility index (Phi) is 14.2. The summed E-state index contributed by atoms with van der Waals surface area (Å²) in [4.78, 5) is 0. The summed E-state index contributed by atoms with van der Waals surface area (Å²) in [6.45, 7) is 19.9. The van der Waals surface area contributed by atoms with Crippen molar-refractivity contribution in [3.63, 3.8) is 0 Å². The molecule has 0 N–H and O–H groups in total. The SMILES string of the molecule is CC1=[C-]C(C)C(C)=C1C.C[Si](C)=[Zr+2].Cc1ccc(C)c(-c2c[cH-]c3ccccc23)c1C.Cl.Cl. The maximum absolute atomic E-state index is 3.36. The molecule has 4 rings (SSSR count). The second kappa shape index (κ2) is 14.6. The summed E-state index contributed by atoms with van der Waals surface area (Å²) < 4.78 is 0. The normalized spacial score (nSPS) is 14.3. The van der Waals surface area contributed by atoms with Crippen molar-refractivity contribution in [2.24, 2.45) is 5.92 Å². The molecule has 33 heavy (non-hydrogen) atoms. The molecule has 1 unspecified atom stereocenters. The molecule has 0 spiro atoms. The summed E-state index contributed by atoms with van der Waals surface area (Å²) in [5, 5.41) is 2.68. The summed E-state index contributed by atoms with van der Waals surface area (Å²) in [5.74, 6) is 0.560. The van der Waals surface area contributed by atoms with Crippen LogP contribution in [0.4, 0.5) is 0 Å². The Hall–Kier alpha value is -0.790. The van der Waals surface area contributed by atoms with E-state index in [-0.39, 0.29) is 30.2 Å². The van der Waals surface area contributed by atoms with E-state index < -0.39 is 0 Å². The first kappa shape index (κ1) is 32.2. The van der Waals surface area contributed by atoms with Crippen molar-refractivity contribution >= 4 is 41.0 Å². The van der Waals surface area contributed by atoms with Crippen LogP contribution in [-0.2, 0) is 23.3 Å². The molecule has 0 aliphatic heterocycles. The zero-order valence-corrected chi connectivity index (χ0v) is 26.6. The third-order valence-corrected chi connectivity index (χ3v) is 6.13. The smallest absolute Gasteiger partial charge is 0.0395 e. The summed E-state index contributed by atoms with van der Waals surface area (Å²) >= 11 is 1.74. The van der Waals surface area contributed by atoms with Gasteiger partial charge >= 0.3 is 41.9 Å². The predicted molar refractivity (Wildman–Crippen MR) is 151 cm³/mol. The molecule has 0 saturated heterocycles. The Labute approximate surface area is 229 Å². The fourth-order valence-electron chi connectivity index (χ4n) is 3.90. The summed E-state index contributed by atoms with van der Waals surface area (Å²) in [7, 11) is 0. The van der Waals surface area contributed by atoms with Gasteiger partial charge in [0.1, 0.15) is 0 Å². The van der Waals surface area contributed by atoms with E-state index in [1.807, 2.05) is 0 Å². The molecule has 1 atom stereocenters. The molecule has 176 valence electrons. The van der Waals surface area contributed by atoms with E-state index >= 15 is 0 Å². The van der Waals surface area contributed by atoms with Crippen molar-refractivity contribution in [3.8, 4) is 11.1 Å². The number of benzene rings is 2. The third kappa shape index (κ3) is 8.43. The van der Waals surface area contributed by atoms with Crippen molar-refractivity contribution in [2.75, 3.05) is 0 Å². The minimum atomic E-state index is 0. The summed E-state index contributed by atoms with van der Waals surface area (Å²) in [5.41, 5.74) is 11.3. The fraction of sp³-hybridized carbons (Fsp3) is 0.345. The van der Waals surface area contributed by atoms with E-state index in [1.165, 1.54) is 55.3 Å². The van der Waals surface area contributed by atoms with Gasteiger partial charge in [-0.15, -0.1) is 78.4 Å². The van der Waals surface area contributed by atoms with E-state index in [0.29, 0.717) is 5.92 Å². The van der Waals surface area contributed by atoms with Gasteiger partial charge in [0.25, 0.3) is 0 Å². The molecule has 0 saturated carbocycles. The van der Waals surface area contributed by atoms with Gasteiger partial charge in [-0.05, 0) is 26.3 Å². The summed E-state index contributed by atoms with van der Waals surface area (Å²) in [6.07, 6.45) is 3.36. The van der Waals surface area contributed by atoms with Crippen LogP contribution in [0.1, 0.15) is 44.4 Å². The fourth-order valence-corrected chi connectivity index (χ4v) is 3.90. The van der Waals surface area contributed by atoms with E-state index in [2.05, 4.69) is 116 Å². The molecule has 0 radical (unpaired) electrons. The Morgan fingerprint density at radius 1 is 0.879 bits per heavy atom. The standard InChI is InChI=1S/C18H17.C9H13.C2H6Si.2ClH.Zr/c1-12-8-9-13(2)18(14(12)3)17-11-10-15-6-4-5-7-16(15)17;1-6-5-7(2)9(4)8(6)3;1-3-2;;;/h4-11H,1-3H3;6H,1-4H3;1-2H3;2*1H;/q2*-1;;;;+2. The van der Waals surface area contributed by atoms with Gasteiger partial charge in [0.05, 0.1) is 0 Å². The topological polar surface area (TPSA) is 0 Å². The number of allylic oxidation sites excluding steroid dienone is 4. The van der Waals surface area contributed by atoms with Crippen molar-refractivity contribution in [3.05, 3.63) is 88.0 Å². The molecule has 4 heteroatoms. The van der Waals surface area contributed by atoms with Crippen LogP contribution in [0.2, 0.25) is 13.1 Å². The van der Waals surface area contributed by atoms with Gasteiger partial charge in [-0.2, -0.15) is 11.1 Å². The van der Waals surface area contributed by atoms with Crippen molar-refractivity contribution in [2.45, 2.75) is 61.6 Å². The maximum atomic E-state index is 3.36. The Morgan fingerprint density at radius 3 is 1.91 bits per heavy atom. The molecule has 0 bridgehead atoms. The maximum Gasteiger partial charge on any atom is -0.0395 e. The minimum Gasteiger partial charge on any atom is -0.150 e. The van der Waals surface area contributed by atoms with Gasteiger partial charge in [-0.1, -0.05) is 61.6 Å². The van der Waals surface area contributed by atoms with Gasteiger partial charge in [0.15, 0.2) is 0 Å². The average Bonchev–Trinajstić information content (AvgIpc) is 3.22. The van der Waals surface area contributed by atoms with Crippen LogP contribution in [0.25, 0.3) is 21.9 Å². The van der Waals surface area contributed by atoms with Gasteiger partial charge in [0, 0.05) is 0 Å². The molecule has 0 fully saturated rings. The molecule has 1 aliphatic carbocycles. The van der Waals surface area contributed by atoms with E-state index in [0.717, 1.165) is 0 Å². The molecular weight excluding hydrogens is 539 g/mol. The second-order valence-corrected chi connectivity index (χ2v) is 18.2. The van der Waals surface area contributed by atoms with Gasteiger partial charge in [-0.25, -0.2) is 5.57 Å². The Bertz CT molecular complexity index is 1150. The molecule has 3 aromatic carbocycles. The van der Waals surface area contributed by atoms with Crippen LogP contribution >= 0.6 is 24.8 Å². The monoisotopic (exact) mass is 574 g/mol. The third-order valence-electron chi connectivity index (χ3n) is 6.13. The number of fused-ring (bicyclic) bond motifs is 1. The Balaban J connectivity index is 0.000000580. The number of hydrogen-bond donors (Lipinski definition) is 0. The zero-order valence-electron chi connectivity index (χ0n) is 21.5. The molecule has 0 amide bonds. The number of hydrogen-bond acceptors (Lipinski definition) is 0. The predicted octanol–water partition coefficient (Wildman–Crippen LogP) is 9.50. The Morgan fingerprint density at radius 2 is 1.42 bits per heavy atom. The second-order valence-electron chi connectivity index (χ2n) is 8.83. The van der Waals surface area contributed by atoms with Crippen LogP contribution in [0, 0.1) is 32.8 Å². The van der Waals surface area contributed by atoms with Crippen LogP contribution in [-0.4, -0.2) is 5.43 Å². The molecule has 3 aromatic rings. The van der Waals surface area contributed by atoms with E-state index in [1.54, 1.807) is 23.3 Å². The molecule has 0 heterocycles.